The number of nitrogens with one attached hydrogen (secondary N) is 2. The summed E-state index contributed by atoms with van der Waals surface area (Å²) in [6, 6.07) is 1.21. The van der Waals surface area contributed by atoms with Crippen LogP contribution in [0.2, 0.25) is 0 Å². The average molecular weight is 510 g/mol. The third-order valence-corrected chi connectivity index (χ3v) is 5.86. The van der Waals surface area contributed by atoms with Gasteiger partial charge in [0.2, 0.25) is 11.8 Å². The molecule has 202 valence electrons. The highest BCUT2D eigenvalue weighted by Gasteiger charge is 2.33. The number of carbonyl (C=O) groups is 4. The third-order valence-electron chi connectivity index (χ3n) is 5.86. The summed E-state index contributed by atoms with van der Waals surface area (Å²) in [7, 11) is 0. The first-order valence-electron chi connectivity index (χ1n) is 12.4. The number of nitrogens with zero attached hydrogens (tertiary/aromatic N) is 1. The van der Waals surface area contributed by atoms with Gasteiger partial charge in [0.1, 0.15) is 29.7 Å². The summed E-state index contributed by atoms with van der Waals surface area (Å²) in [6.07, 6.45) is 1.80. The number of carbonyl (C=O) groups excluding carboxylic acids is 3. The van der Waals surface area contributed by atoms with Crippen LogP contribution in [0.25, 0.3) is 0 Å². The molecular weight excluding hydrogens is 470 g/mol. The third kappa shape index (κ3) is 9.18. The van der Waals surface area contributed by atoms with E-state index in [-0.39, 0.29) is 25.2 Å². The maximum absolute atomic E-state index is 13.0. The molecule has 36 heavy (non-hydrogen) atoms. The average Bonchev–Trinajstić information content (AvgIpc) is 3.32. The fourth-order valence-corrected chi connectivity index (χ4v) is 3.75. The summed E-state index contributed by atoms with van der Waals surface area (Å²) in [5.74, 6) is -2.02. The van der Waals surface area contributed by atoms with E-state index in [0.717, 1.165) is 0 Å². The quantitative estimate of drug-likeness (QED) is 0.412. The molecule has 1 saturated heterocycles. The standard InChI is InChI=1S/C25H39N3O8/c1-6-16(2)21(23(31)32)27-22(30)18(15-17-9-7-13-34-17)26-19(29)10-11-20-28(12-8-14-35-20)24(33)36-25(3,4)5/h7,9,13,16,18,20-21H,6,8,10-12,14-15H2,1-5H3,(H,26,29)(H,27,30)(H,31,32)/t16-,18-,20?,21-/m0/s1. The predicted molar refractivity (Wildman–Crippen MR) is 130 cm³/mol. The second-order valence-electron chi connectivity index (χ2n) is 10.0. The van der Waals surface area contributed by atoms with Gasteiger partial charge in [-0.15, -0.1) is 0 Å². The number of amides is 3. The van der Waals surface area contributed by atoms with Gasteiger partial charge in [-0.2, -0.15) is 0 Å². The van der Waals surface area contributed by atoms with Gasteiger partial charge in [-0.1, -0.05) is 20.3 Å². The summed E-state index contributed by atoms with van der Waals surface area (Å²) < 4.78 is 16.5. The molecule has 1 unspecified atom stereocenters. The van der Waals surface area contributed by atoms with Crippen LogP contribution >= 0.6 is 0 Å². The maximum Gasteiger partial charge on any atom is 0.412 e. The summed E-state index contributed by atoms with van der Waals surface area (Å²) in [4.78, 5) is 51.5. The molecular formula is C25H39N3O8. The minimum atomic E-state index is -1.14. The molecule has 0 radical (unpaired) electrons. The number of hydrogen-bond donors (Lipinski definition) is 3. The number of aliphatic carboxylic acids is 1. The van der Waals surface area contributed by atoms with Crippen molar-refractivity contribution in [2.45, 2.75) is 90.6 Å². The van der Waals surface area contributed by atoms with Gasteiger partial charge in [0, 0.05) is 25.8 Å². The van der Waals surface area contributed by atoms with E-state index < -0.39 is 47.8 Å². The number of hydrogen-bond acceptors (Lipinski definition) is 7. The van der Waals surface area contributed by atoms with Crippen LogP contribution in [0, 0.1) is 5.92 Å². The molecule has 2 heterocycles. The Labute approximate surface area is 211 Å². The van der Waals surface area contributed by atoms with Crippen LogP contribution < -0.4 is 10.6 Å². The number of carboxylic acids is 1. The maximum atomic E-state index is 13.0. The molecule has 0 aliphatic carbocycles. The molecule has 1 fully saturated rings. The van der Waals surface area contributed by atoms with Crippen molar-refractivity contribution in [1.82, 2.24) is 15.5 Å². The van der Waals surface area contributed by atoms with Crippen molar-refractivity contribution < 1.29 is 38.2 Å². The normalized spacial score (nSPS) is 18.6. The largest absolute Gasteiger partial charge is 0.480 e. The van der Waals surface area contributed by atoms with Crippen LogP contribution in [-0.2, 0) is 30.3 Å². The van der Waals surface area contributed by atoms with E-state index in [1.54, 1.807) is 39.8 Å². The molecule has 11 heteroatoms. The first kappa shape index (κ1) is 29.2. The van der Waals surface area contributed by atoms with Gasteiger partial charge in [-0.3, -0.25) is 14.5 Å². The van der Waals surface area contributed by atoms with Gasteiger partial charge in [0.15, 0.2) is 0 Å². The SMILES string of the molecule is CC[C@H](C)[C@H](NC(=O)[C@H](Cc1ccco1)NC(=O)CCC1OCCCN1C(=O)OC(C)(C)C)C(=O)O. The van der Waals surface area contributed by atoms with E-state index in [4.69, 9.17) is 13.9 Å². The summed E-state index contributed by atoms with van der Waals surface area (Å²) in [5, 5.41) is 14.8. The topological polar surface area (TPSA) is 147 Å². The Morgan fingerprint density at radius 1 is 1.25 bits per heavy atom. The lowest BCUT2D eigenvalue weighted by atomic mass is 9.98. The highest BCUT2D eigenvalue weighted by atomic mass is 16.6. The van der Waals surface area contributed by atoms with Crippen molar-refractivity contribution in [3.8, 4) is 0 Å². The molecule has 0 bridgehead atoms. The highest BCUT2D eigenvalue weighted by Crippen LogP contribution is 2.19. The monoisotopic (exact) mass is 509 g/mol. The summed E-state index contributed by atoms with van der Waals surface area (Å²) in [5.41, 5.74) is -0.661. The van der Waals surface area contributed by atoms with Gasteiger partial charge in [0.05, 0.1) is 12.9 Å². The van der Waals surface area contributed by atoms with Crippen LogP contribution in [-0.4, -0.2) is 70.9 Å². The molecule has 0 saturated carbocycles. The van der Waals surface area contributed by atoms with Gasteiger partial charge < -0.3 is 29.6 Å². The smallest absolute Gasteiger partial charge is 0.412 e. The van der Waals surface area contributed by atoms with E-state index in [1.807, 2.05) is 6.92 Å². The van der Waals surface area contributed by atoms with Gasteiger partial charge in [0.25, 0.3) is 0 Å². The number of ether oxygens (including phenoxy) is 2. The fourth-order valence-electron chi connectivity index (χ4n) is 3.75. The molecule has 0 spiro atoms. The van der Waals surface area contributed by atoms with Crippen molar-refractivity contribution in [2.24, 2.45) is 5.92 Å². The van der Waals surface area contributed by atoms with Crippen LogP contribution in [0.1, 0.15) is 66.1 Å². The molecule has 1 aliphatic heterocycles. The Kier molecular flexibility index (Phi) is 10.8. The molecule has 1 aromatic rings. The van der Waals surface area contributed by atoms with Gasteiger partial charge >= 0.3 is 12.1 Å². The second kappa shape index (κ2) is 13.3. The molecule has 3 N–H and O–H groups in total. The van der Waals surface area contributed by atoms with Crippen LogP contribution in [0.15, 0.2) is 22.8 Å². The summed E-state index contributed by atoms with van der Waals surface area (Å²) >= 11 is 0. The lowest BCUT2D eigenvalue weighted by Crippen LogP contribution is -2.54. The van der Waals surface area contributed by atoms with E-state index in [9.17, 15) is 24.3 Å². The Bertz CT molecular complexity index is 880. The second-order valence-corrected chi connectivity index (χ2v) is 10.0. The fraction of sp³-hybridized carbons (Fsp3) is 0.680. The van der Waals surface area contributed by atoms with Crippen LogP contribution in [0.4, 0.5) is 4.79 Å². The number of carboxylic acid groups (broad SMARTS) is 1. The Hall–Kier alpha value is -3.08. The van der Waals surface area contributed by atoms with Crippen molar-refractivity contribution in [3.63, 3.8) is 0 Å². The lowest BCUT2D eigenvalue weighted by Gasteiger charge is -2.36. The molecule has 11 nitrogen and oxygen atoms in total. The minimum absolute atomic E-state index is 0.0143. The van der Waals surface area contributed by atoms with Crippen molar-refractivity contribution in [3.05, 3.63) is 24.2 Å². The van der Waals surface area contributed by atoms with Crippen molar-refractivity contribution in [1.29, 1.82) is 0 Å². The first-order valence-corrected chi connectivity index (χ1v) is 12.4. The molecule has 1 aliphatic rings. The molecule has 0 aromatic carbocycles. The van der Waals surface area contributed by atoms with Crippen molar-refractivity contribution in [2.75, 3.05) is 13.2 Å². The Morgan fingerprint density at radius 3 is 2.56 bits per heavy atom. The number of furan rings is 1. The molecule has 2 rings (SSSR count). The summed E-state index contributed by atoms with van der Waals surface area (Å²) in [6.45, 7) is 9.82. The van der Waals surface area contributed by atoms with Crippen molar-refractivity contribution >= 4 is 23.9 Å². The zero-order chi connectivity index (χ0) is 26.9. The van der Waals surface area contributed by atoms with Gasteiger partial charge in [-0.25, -0.2) is 9.59 Å². The van der Waals surface area contributed by atoms with E-state index in [2.05, 4.69) is 10.6 Å². The zero-order valence-corrected chi connectivity index (χ0v) is 21.7. The van der Waals surface area contributed by atoms with E-state index in [0.29, 0.717) is 31.8 Å². The number of rotatable bonds is 11. The van der Waals surface area contributed by atoms with Gasteiger partial charge in [-0.05, 0) is 45.2 Å². The molecule has 3 amide bonds. The van der Waals surface area contributed by atoms with Crippen LogP contribution in [0.5, 0.6) is 0 Å². The minimum Gasteiger partial charge on any atom is -0.480 e. The predicted octanol–water partition coefficient (Wildman–Crippen LogP) is 2.69. The Balaban J connectivity index is 2.04. The highest BCUT2D eigenvalue weighted by molar-refractivity contribution is 5.90. The lowest BCUT2D eigenvalue weighted by molar-refractivity contribution is -0.143. The molecule has 4 atom stereocenters. The Morgan fingerprint density at radius 2 is 1.97 bits per heavy atom. The molecule has 1 aromatic heterocycles. The van der Waals surface area contributed by atoms with Crippen LogP contribution in [0.3, 0.4) is 0 Å². The first-order chi connectivity index (χ1) is 16.9. The van der Waals surface area contributed by atoms with E-state index in [1.165, 1.54) is 11.2 Å². The zero-order valence-electron chi connectivity index (χ0n) is 21.7. The van der Waals surface area contributed by atoms with E-state index >= 15 is 0 Å².